The molecule has 0 saturated heterocycles. The molecule has 3 rings (SSSR count). The minimum absolute atomic E-state index is 0.314. The second kappa shape index (κ2) is 7.64. The lowest BCUT2D eigenvalue weighted by atomic mass is 10.1. The van der Waals surface area contributed by atoms with Gasteiger partial charge in [-0.15, -0.1) is 0 Å². The molecule has 0 radical (unpaired) electrons. The van der Waals surface area contributed by atoms with Crippen molar-refractivity contribution in [1.82, 2.24) is 9.97 Å². The van der Waals surface area contributed by atoms with Gasteiger partial charge in [0.05, 0.1) is 18.5 Å². The van der Waals surface area contributed by atoms with Gasteiger partial charge in [-0.05, 0) is 25.5 Å². The molecule has 0 saturated carbocycles. The van der Waals surface area contributed by atoms with Gasteiger partial charge in [0.1, 0.15) is 11.6 Å². The van der Waals surface area contributed by atoms with Crippen molar-refractivity contribution in [3.05, 3.63) is 60.6 Å². The summed E-state index contributed by atoms with van der Waals surface area (Å²) in [5.41, 5.74) is 1.95. The third kappa shape index (κ3) is 4.13. The van der Waals surface area contributed by atoms with Crippen molar-refractivity contribution in [1.29, 1.82) is 0 Å². The number of rotatable bonds is 7. The van der Waals surface area contributed by atoms with E-state index in [1.807, 2.05) is 48.5 Å². The van der Waals surface area contributed by atoms with Crippen LogP contribution in [0.15, 0.2) is 59.2 Å². The van der Waals surface area contributed by atoms with E-state index in [0.717, 1.165) is 29.3 Å². The first kappa shape index (κ1) is 16.1. The highest BCUT2D eigenvalue weighted by atomic mass is 16.3. The molecule has 0 aliphatic rings. The van der Waals surface area contributed by atoms with E-state index >= 15 is 0 Å². The van der Waals surface area contributed by atoms with Crippen molar-refractivity contribution in [2.24, 2.45) is 0 Å². The second-order valence-corrected chi connectivity index (χ2v) is 5.71. The molecule has 5 heteroatoms. The Morgan fingerprint density at radius 1 is 1.08 bits per heavy atom. The van der Waals surface area contributed by atoms with Crippen LogP contribution in [0.3, 0.4) is 0 Å². The fourth-order valence-electron chi connectivity index (χ4n) is 2.27. The molecule has 0 aliphatic heterocycles. The van der Waals surface area contributed by atoms with Gasteiger partial charge in [0, 0.05) is 17.7 Å². The SMILES string of the molecule is CC[C@@H](C)Nc1nc(NCc2ccco2)cc(-c2ccccc2)n1. The minimum atomic E-state index is 0.314. The van der Waals surface area contributed by atoms with E-state index in [0.29, 0.717) is 18.5 Å². The topological polar surface area (TPSA) is 63.0 Å². The Labute approximate surface area is 142 Å². The molecule has 1 aromatic carbocycles. The highest BCUT2D eigenvalue weighted by Crippen LogP contribution is 2.22. The predicted octanol–water partition coefficient (Wildman–Crippen LogP) is 4.56. The van der Waals surface area contributed by atoms with Crippen LogP contribution in [0.4, 0.5) is 11.8 Å². The second-order valence-electron chi connectivity index (χ2n) is 5.71. The molecular weight excluding hydrogens is 300 g/mol. The number of hydrogen-bond acceptors (Lipinski definition) is 5. The maximum atomic E-state index is 5.36. The molecule has 5 nitrogen and oxygen atoms in total. The van der Waals surface area contributed by atoms with Gasteiger partial charge >= 0.3 is 0 Å². The van der Waals surface area contributed by atoms with Crippen LogP contribution < -0.4 is 10.6 Å². The number of hydrogen-bond donors (Lipinski definition) is 2. The summed E-state index contributed by atoms with van der Waals surface area (Å²) in [6, 6.07) is 16.2. The lowest BCUT2D eigenvalue weighted by molar-refractivity contribution is 0.518. The quantitative estimate of drug-likeness (QED) is 0.667. The number of nitrogens with zero attached hydrogens (tertiary/aromatic N) is 2. The summed E-state index contributed by atoms with van der Waals surface area (Å²) in [4.78, 5) is 9.22. The zero-order valence-electron chi connectivity index (χ0n) is 14.0. The largest absolute Gasteiger partial charge is 0.467 e. The van der Waals surface area contributed by atoms with Gasteiger partial charge < -0.3 is 15.1 Å². The minimum Gasteiger partial charge on any atom is -0.467 e. The van der Waals surface area contributed by atoms with Crippen molar-refractivity contribution in [3.63, 3.8) is 0 Å². The average molecular weight is 322 g/mol. The molecule has 0 fully saturated rings. The maximum absolute atomic E-state index is 5.36. The van der Waals surface area contributed by atoms with E-state index < -0.39 is 0 Å². The Morgan fingerprint density at radius 3 is 2.62 bits per heavy atom. The van der Waals surface area contributed by atoms with Crippen molar-refractivity contribution in [3.8, 4) is 11.3 Å². The van der Waals surface area contributed by atoms with E-state index in [1.54, 1.807) is 6.26 Å². The molecule has 0 spiro atoms. The maximum Gasteiger partial charge on any atom is 0.225 e. The van der Waals surface area contributed by atoms with Crippen molar-refractivity contribution < 1.29 is 4.42 Å². The normalized spacial score (nSPS) is 11.9. The number of benzene rings is 1. The molecule has 124 valence electrons. The lowest BCUT2D eigenvalue weighted by Crippen LogP contribution is -2.16. The monoisotopic (exact) mass is 322 g/mol. The molecule has 24 heavy (non-hydrogen) atoms. The standard InChI is InChI=1S/C19H22N4O/c1-3-14(2)21-19-22-17(15-8-5-4-6-9-15)12-18(23-19)20-13-16-10-7-11-24-16/h4-12,14H,3,13H2,1-2H3,(H2,20,21,22,23)/t14-/m1/s1. The van der Waals surface area contributed by atoms with Crippen LogP contribution in [0.25, 0.3) is 11.3 Å². The van der Waals surface area contributed by atoms with Crippen molar-refractivity contribution >= 4 is 11.8 Å². The number of nitrogens with one attached hydrogen (secondary N) is 2. The van der Waals surface area contributed by atoms with Crippen LogP contribution in [0.5, 0.6) is 0 Å². The van der Waals surface area contributed by atoms with E-state index in [2.05, 4.69) is 34.4 Å². The number of anilines is 2. The zero-order valence-corrected chi connectivity index (χ0v) is 14.0. The van der Waals surface area contributed by atoms with Crippen LogP contribution >= 0.6 is 0 Å². The van der Waals surface area contributed by atoms with Gasteiger partial charge in [-0.3, -0.25) is 0 Å². The van der Waals surface area contributed by atoms with Crippen LogP contribution in [0.1, 0.15) is 26.0 Å². The highest BCUT2D eigenvalue weighted by molar-refractivity contribution is 5.64. The highest BCUT2D eigenvalue weighted by Gasteiger charge is 2.09. The molecular formula is C19H22N4O. The Morgan fingerprint density at radius 2 is 1.92 bits per heavy atom. The Balaban J connectivity index is 1.87. The summed E-state index contributed by atoms with van der Waals surface area (Å²) < 4.78 is 5.36. The average Bonchev–Trinajstić information content (AvgIpc) is 3.14. The Kier molecular flexibility index (Phi) is 5.11. The smallest absolute Gasteiger partial charge is 0.225 e. The van der Waals surface area contributed by atoms with E-state index in [-0.39, 0.29) is 0 Å². The Hall–Kier alpha value is -2.82. The van der Waals surface area contributed by atoms with Crippen LogP contribution in [-0.4, -0.2) is 16.0 Å². The third-order valence-electron chi connectivity index (χ3n) is 3.81. The van der Waals surface area contributed by atoms with Gasteiger partial charge in [-0.25, -0.2) is 4.98 Å². The molecule has 0 unspecified atom stereocenters. The number of furan rings is 1. The molecule has 3 aromatic rings. The molecule has 2 aromatic heterocycles. The van der Waals surface area contributed by atoms with Gasteiger partial charge in [0.25, 0.3) is 0 Å². The summed E-state index contributed by atoms with van der Waals surface area (Å²) in [7, 11) is 0. The molecule has 2 N–H and O–H groups in total. The van der Waals surface area contributed by atoms with E-state index in [4.69, 9.17) is 4.42 Å². The van der Waals surface area contributed by atoms with Gasteiger partial charge in [0.2, 0.25) is 5.95 Å². The summed E-state index contributed by atoms with van der Waals surface area (Å²) in [5, 5.41) is 6.65. The molecule has 0 amide bonds. The van der Waals surface area contributed by atoms with Crippen LogP contribution in [0.2, 0.25) is 0 Å². The first-order valence-corrected chi connectivity index (χ1v) is 8.22. The fraction of sp³-hybridized carbons (Fsp3) is 0.263. The Bertz CT molecular complexity index is 756. The summed E-state index contributed by atoms with van der Waals surface area (Å²) in [6.07, 6.45) is 2.68. The van der Waals surface area contributed by atoms with Crippen molar-refractivity contribution in [2.75, 3.05) is 10.6 Å². The first-order chi connectivity index (χ1) is 11.7. The summed E-state index contributed by atoms with van der Waals surface area (Å²) in [6.45, 7) is 4.84. The molecule has 2 heterocycles. The van der Waals surface area contributed by atoms with Crippen molar-refractivity contribution in [2.45, 2.75) is 32.9 Å². The van der Waals surface area contributed by atoms with Crippen LogP contribution in [-0.2, 0) is 6.54 Å². The number of aromatic nitrogens is 2. The third-order valence-corrected chi connectivity index (χ3v) is 3.81. The molecule has 1 atom stereocenters. The van der Waals surface area contributed by atoms with E-state index in [1.165, 1.54) is 0 Å². The van der Waals surface area contributed by atoms with Gasteiger partial charge in [0.15, 0.2) is 0 Å². The van der Waals surface area contributed by atoms with E-state index in [9.17, 15) is 0 Å². The molecule has 0 aliphatic carbocycles. The zero-order chi connectivity index (χ0) is 16.8. The first-order valence-electron chi connectivity index (χ1n) is 8.22. The predicted molar refractivity (Wildman–Crippen MR) is 96.9 cm³/mol. The van der Waals surface area contributed by atoms with Gasteiger partial charge in [-0.2, -0.15) is 4.98 Å². The van der Waals surface area contributed by atoms with Crippen LogP contribution in [0, 0.1) is 0 Å². The fourth-order valence-corrected chi connectivity index (χ4v) is 2.27. The lowest BCUT2D eigenvalue weighted by Gasteiger charge is -2.14. The summed E-state index contributed by atoms with van der Waals surface area (Å²) in [5.74, 6) is 2.27. The van der Waals surface area contributed by atoms with Gasteiger partial charge in [-0.1, -0.05) is 37.3 Å². The summed E-state index contributed by atoms with van der Waals surface area (Å²) >= 11 is 0. The molecule has 0 bridgehead atoms.